The van der Waals surface area contributed by atoms with Crippen LogP contribution in [0, 0.1) is 5.82 Å². The van der Waals surface area contributed by atoms with E-state index in [1.165, 1.54) is 12.1 Å². The second kappa shape index (κ2) is 3.87. The second-order valence-electron chi connectivity index (χ2n) is 2.52. The average molecular weight is 197 g/mol. The zero-order valence-electron chi connectivity index (χ0n) is 7.41. The molecular weight excluding hydrogens is 189 g/mol. The Hall–Kier alpha value is -1.91. The molecule has 0 aromatic heterocycles. The predicted octanol–water partition coefficient (Wildman–Crippen LogP) is 0.711. The molecule has 0 radical (unpaired) electrons. The lowest BCUT2D eigenvalue weighted by Gasteiger charge is -2.04. The molecule has 0 fully saturated rings. The lowest BCUT2D eigenvalue weighted by Crippen LogP contribution is -2.18. The van der Waals surface area contributed by atoms with Crippen LogP contribution in [-0.2, 0) is 4.74 Å². The Bertz CT molecular complexity index is 390. The number of methoxy groups -OCH3 is 1. The van der Waals surface area contributed by atoms with Crippen LogP contribution in [0.15, 0.2) is 18.2 Å². The number of nitrogens with two attached hydrogens (primary N) is 1. The van der Waals surface area contributed by atoms with Gasteiger partial charge in [0.1, 0.15) is 11.4 Å². The van der Waals surface area contributed by atoms with E-state index in [-0.39, 0.29) is 5.56 Å². The summed E-state index contributed by atoms with van der Waals surface area (Å²) in [4.78, 5) is 21.9. The first-order chi connectivity index (χ1) is 6.57. The van der Waals surface area contributed by atoms with E-state index in [4.69, 9.17) is 5.73 Å². The van der Waals surface area contributed by atoms with Gasteiger partial charge in [-0.1, -0.05) is 6.07 Å². The van der Waals surface area contributed by atoms with Crippen LogP contribution in [0.1, 0.15) is 20.7 Å². The van der Waals surface area contributed by atoms with E-state index in [0.717, 1.165) is 13.2 Å². The van der Waals surface area contributed by atoms with Crippen LogP contribution < -0.4 is 5.73 Å². The predicted molar refractivity (Wildman–Crippen MR) is 46.3 cm³/mol. The number of carbonyl (C=O) groups is 2. The van der Waals surface area contributed by atoms with E-state index >= 15 is 0 Å². The quantitative estimate of drug-likeness (QED) is 0.710. The van der Waals surface area contributed by atoms with Crippen LogP contribution in [0.2, 0.25) is 0 Å². The monoisotopic (exact) mass is 197 g/mol. The Morgan fingerprint density at radius 2 is 2.07 bits per heavy atom. The maximum absolute atomic E-state index is 13.1. The lowest BCUT2D eigenvalue weighted by molar-refractivity contribution is 0.0591. The number of ether oxygens (including phenoxy) is 1. The molecule has 0 heterocycles. The molecular formula is C9H8FNO3. The summed E-state index contributed by atoms with van der Waals surface area (Å²) < 4.78 is 17.5. The van der Waals surface area contributed by atoms with Gasteiger partial charge < -0.3 is 10.5 Å². The largest absolute Gasteiger partial charge is 0.465 e. The number of benzene rings is 1. The third kappa shape index (κ3) is 1.71. The van der Waals surface area contributed by atoms with Crippen LogP contribution in [0.4, 0.5) is 4.39 Å². The Balaban J connectivity index is 3.36. The van der Waals surface area contributed by atoms with Gasteiger partial charge in [0.15, 0.2) is 0 Å². The van der Waals surface area contributed by atoms with Crippen molar-refractivity contribution in [2.45, 2.75) is 0 Å². The highest BCUT2D eigenvalue weighted by Crippen LogP contribution is 2.14. The highest BCUT2D eigenvalue weighted by atomic mass is 19.1. The van der Waals surface area contributed by atoms with E-state index in [9.17, 15) is 14.0 Å². The van der Waals surface area contributed by atoms with Crippen LogP contribution in [0.25, 0.3) is 0 Å². The molecule has 0 saturated carbocycles. The van der Waals surface area contributed by atoms with Crippen molar-refractivity contribution in [3.05, 3.63) is 35.1 Å². The topological polar surface area (TPSA) is 69.4 Å². The van der Waals surface area contributed by atoms with Gasteiger partial charge in [0.2, 0.25) is 5.91 Å². The Morgan fingerprint density at radius 1 is 1.43 bits per heavy atom. The lowest BCUT2D eigenvalue weighted by atomic mass is 10.1. The van der Waals surface area contributed by atoms with Crippen molar-refractivity contribution >= 4 is 11.9 Å². The zero-order chi connectivity index (χ0) is 10.7. The highest BCUT2D eigenvalue weighted by molar-refractivity contribution is 6.04. The molecule has 0 aliphatic carbocycles. The van der Waals surface area contributed by atoms with Crippen LogP contribution in [0.3, 0.4) is 0 Å². The smallest absolute Gasteiger partial charge is 0.341 e. The van der Waals surface area contributed by atoms with Gasteiger partial charge in [-0.2, -0.15) is 0 Å². The van der Waals surface area contributed by atoms with Crippen molar-refractivity contribution in [3.63, 3.8) is 0 Å². The van der Waals surface area contributed by atoms with Crippen LogP contribution in [-0.4, -0.2) is 19.0 Å². The normalized spacial score (nSPS) is 9.57. The summed E-state index contributed by atoms with van der Waals surface area (Å²) in [6, 6.07) is 3.61. The van der Waals surface area contributed by atoms with Crippen molar-refractivity contribution in [2.24, 2.45) is 5.73 Å². The van der Waals surface area contributed by atoms with Gasteiger partial charge in [-0.05, 0) is 12.1 Å². The molecule has 0 atom stereocenters. The third-order valence-corrected chi connectivity index (χ3v) is 1.67. The molecule has 74 valence electrons. The number of hydrogen-bond acceptors (Lipinski definition) is 3. The molecule has 0 unspecified atom stereocenters. The summed E-state index contributed by atoms with van der Waals surface area (Å²) in [7, 11) is 1.10. The molecule has 1 amide bonds. The summed E-state index contributed by atoms with van der Waals surface area (Å²) in [6.07, 6.45) is 0. The molecule has 14 heavy (non-hydrogen) atoms. The van der Waals surface area contributed by atoms with E-state index in [0.29, 0.717) is 0 Å². The van der Waals surface area contributed by atoms with Crippen molar-refractivity contribution in [3.8, 4) is 0 Å². The average Bonchev–Trinajstić information content (AvgIpc) is 2.16. The van der Waals surface area contributed by atoms with Crippen molar-refractivity contribution in [1.82, 2.24) is 0 Å². The molecule has 0 bridgehead atoms. The first kappa shape index (κ1) is 10.2. The van der Waals surface area contributed by atoms with E-state index in [1.807, 2.05) is 0 Å². The van der Waals surface area contributed by atoms with Gasteiger partial charge in [0.05, 0.1) is 12.7 Å². The van der Waals surface area contributed by atoms with Gasteiger partial charge in [-0.15, -0.1) is 0 Å². The van der Waals surface area contributed by atoms with E-state index in [2.05, 4.69) is 4.74 Å². The number of primary amides is 1. The third-order valence-electron chi connectivity index (χ3n) is 1.67. The maximum atomic E-state index is 13.1. The first-order valence-electron chi connectivity index (χ1n) is 3.74. The van der Waals surface area contributed by atoms with Gasteiger partial charge in [-0.3, -0.25) is 4.79 Å². The SMILES string of the molecule is COC(=O)c1c(F)cccc1C(N)=O. The fourth-order valence-corrected chi connectivity index (χ4v) is 1.04. The molecule has 1 aromatic rings. The molecule has 1 rings (SSSR count). The number of amides is 1. The summed E-state index contributed by atoms with van der Waals surface area (Å²) in [5, 5.41) is 0. The van der Waals surface area contributed by atoms with Gasteiger partial charge in [-0.25, -0.2) is 9.18 Å². The van der Waals surface area contributed by atoms with Crippen molar-refractivity contribution in [2.75, 3.05) is 7.11 Å². The van der Waals surface area contributed by atoms with Crippen molar-refractivity contribution < 1.29 is 18.7 Å². The number of carbonyl (C=O) groups excluding carboxylic acids is 2. The van der Waals surface area contributed by atoms with Gasteiger partial charge >= 0.3 is 5.97 Å². The standard InChI is InChI=1S/C9H8FNO3/c1-14-9(13)7-5(8(11)12)3-2-4-6(7)10/h2-4H,1H3,(H2,11,12). The summed E-state index contributed by atoms with van der Waals surface area (Å²) in [5.41, 5.74) is 4.35. The molecule has 0 aliphatic heterocycles. The Kier molecular flexibility index (Phi) is 2.81. The Labute approximate surface area is 79.5 Å². The summed E-state index contributed by atoms with van der Waals surface area (Å²) in [5.74, 6) is -2.62. The molecule has 0 aliphatic rings. The number of esters is 1. The number of hydrogen-bond donors (Lipinski definition) is 1. The van der Waals surface area contributed by atoms with Crippen LogP contribution in [0.5, 0.6) is 0 Å². The highest BCUT2D eigenvalue weighted by Gasteiger charge is 2.19. The van der Waals surface area contributed by atoms with Crippen LogP contribution >= 0.6 is 0 Å². The van der Waals surface area contributed by atoms with Crippen molar-refractivity contribution in [1.29, 1.82) is 0 Å². The minimum Gasteiger partial charge on any atom is -0.465 e. The maximum Gasteiger partial charge on any atom is 0.341 e. The summed E-state index contributed by atoms with van der Waals surface area (Å²) >= 11 is 0. The molecule has 0 spiro atoms. The molecule has 5 heteroatoms. The fourth-order valence-electron chi connectivity index (χ4n) is 1.04. The zero-order valence-corrected chi connectivity index (χ0v) is 7.41. The molecule has 1 aromatic carbocycles. The molecule has 2 N–H and O–H groups in total. The van der Waals surface area contributed by atoms with Gasteiger partial charge in [0.25, 0.3) is 0 Å². The minimum atomic E-state index is -0.920. The second-order valence-corrected chi connectivity index (χ2v) is 2.52. The van der Waals surface area contributed by atoms with Gasteiger partial charge in [0, 0.05) is 0 Å². The molecule has 4 nitrogen and oxygen atoms in total. The summed E-state index contributed by atoms with van der Waals surface area (Å²) in [6.45, 7) is 0. The first-order valence-corrected chi connectivity index (χ1v) is 3.74. The van der Waals surface area contributed by atoms with E-state index < -0.39 is 23.3 Å². The number of rotatable bonds is 2. The number of halogens is 1. The minimum absolute atomic E-state index is 0.183. The fraction of sp³-hybridized carbons (Fsp3) is 0.111. The molecule has 0 saturated heterocycles. The van der Waals surface area contributed by atoms with E-state index in [1.54, 1.807) is 0 Å². The Morgan fingerprint density at radius 3 is 2.57 bits per heavy atom.